The van der Waals surface area contributed by atoms with Gasteiger partial charge in [-0.2, -0.15) is 0 Å². The van der Waals surface area contributed by atoms with Crippen molar-refractivity contribution in [2.45, 2.75) is 45.6 Å². The second kappa shape index (κ2) is 9.23. The Hall–Kier alpha value is -1.14. The molecular weight excluding hydrogens is 294 g/mol. The van der Waals surface area contributed by atoms with Crippen molar-refractivity contribution in [3.8, 4) is 0 Å². The van der Waals surface area contributed by atoms with Gasteiger partial charge >= 0.3 is 0 Å². The largest absolute Gasteiger partial charge is 0.377 e. The minimum absolute atomic E-state index is 0.0623. The first-order chi connectivity index (χ1) is 11.1. The van der Waals surface area contributed by atoms with E-state index in [1.165, 1.54) is 32.9 Å². The Kier molecular flexibility index (Phi) is 7.30. The second-order valence-electron chi connectivity index (χ2n) is 6.85. The maximum atomic E-state index is 12.2. The second-order valence-corrected chi connectivity index (χ2v) is 6.85. The molecule has 1 N–H and O–H groups in total. The van der Waals surface area contributed by atoms with Gasteiger partial charge in [0.05, 0.1) is 13.2 Å². The molecule has 2 aliphatic rings. The Morgan fingerprint density at radius 1 is 1.26 bits per heavy atom. The van der Waals surface area contributed by atoms with Gasteiger partial charge in [-0.15, -0.1) is 0 Å². The molecule has 2 fully saturated rings. The standard InChI is InChI=1S/C17H31N3O3/c1-14-6-5-9-19(12-14)8-4-3-7-18-17(22)16-13-23-11-10-20(16)15(2)21/h14,16H,3-13H2,1-2H3,(H,18,22)/t14-,16-/m1/s1. The van der Waals surface area contributed by atoms with E-state index in [0.29, 0.717) is 26.3 Å². The van der Waals surface area contributed by atoms with E-state index in [2.05, 4.69) is 17.1 Å². The summed E-state index contributed by atoms with van der Waals surface area (Å²) in [6.07, 6.45) is 4.73. The zero-order chi connectivity index (χ0) is 16.7. The van der Waals surface area contributed by atoms with Crippen LogP contribution in [0.3, 0.4) is 0 Å². The van der Waals surface area contributed by atoms with E-state index in [-0.39, 0.29) is 11.8 Å². The van der Waals surface area contributed by atoms with Crippen LogP contribution < -0.4 is 5.32 Å². The number of amides is 2. The van der Waals surface area contributed by atoms with Crippen molar-refractivity contribution in [2.75, 3.05) is 45.9 Å². The molecule has 2 amide bonds. The molecule has 6 heteroatoms. The fraction of sp³-hybridized carbons (Fsp3) is 0.882. The van der Waals surface area contributed by atoms with E-state index in [0.717, 1.165) is 25.3 Å². The SMILES string of the molecule is CC(=O)N1CCOC[C@@H]1C(=O)NCCCCN1CCC[C@@H](C)C1. The first-order valence-electron chi connectivity index (χ1n) is 8.93. The van der Waals surface area contributed by atoms with E-state index >= 15 is 0 Å². The molecule has 132 valence electrons. The Labute approximate surface area is 139 Å². The molecule has 2 heterocycles. The van der Waals surface area contributed by atoms with Gasteiger partial charge in [0.25, 0.3) is 0 Å². The molecule has 0 aromatic heterocycles. The van der Waals surface area contributed by atoms with Gasteiger partial charge in [0, 0.05) is 26.6 Å². The van der Waals surface area contributed by atoms with E-state index in [1.807, 2.05) is 0 Å². The number of rotatable bonds is 6. The molecule has 0 bridgehead atoms. The number of hydrogen-bond donors (Lipinski definition) is 1. The monoisotopic (exact) mass is 325 g/mol. The van der Waals surface area contributed by atoms with Crippen LogP contribution in [-0.4, -0.2) is 73.6 Å². The van der Waals surface area contributed by atoms with Crippen LogP contribution in [0.2, 0.25) is 0 Å². The molecule has 0 aromatic rings. The quantitative estimate of drug-likeness (QED) is 0.736. The predicted octanol–water partition coefficient (Wildman–Crippen LogP) is 0.862. The van der Waals surface area contributed by atoms with Crippen molar-refractivity contribution in [2.24, 2.45) is 5.92 Å². The Morgan fingerprint density at radius 2 is 2.09 bits per heavy atom. The van der Waals surface area contributed by atoms with Crippen LogP contribution >= 0.6 is 0 Å². The average Bonchev–Trinajstić information content (AvgIpc) is 2.54. The molecule has 6 nitrogen and oxygen atoms in total. The lowest BCUT2D eigenvalue weighted by Gasteiger charge is -2.33. The number of ether oxygens (including phenoxy) is 1. The summed E-state index contributed by atoms with van der Waals surface area (Å²) in [6.45, 7) is 9.35. The molecule has 0 spiro atoms. The summed E-state index contributed by atoms with van der Waals surface area (Å²) in [7, 11) is 0. The summed E-state index contributed by atoms with van der Waals surface area (Å²) in [6, 6.07) is -0.468. The van der Waals surface area contributed by atoms with Crippen molar-refractivity contribution < 1.29 is 14.3 Å². The van der Waals surface area contributed by atoms with Crippen LogP contribution in [0.25, 0.3) is 0 Å². The molecule has 2 atom stereocenters. The van der Waals surface area contributed by atoms with Gasteiger partial charge in [-0.3, -0.25) is 9.59 Å². The maximum Gasteiger partial charge on any atom is 0.245 e. The number of carbonyl (C=O) groups is 2. The molecule has 2 aliphatic heterocycles. The van der Waals surface area contributed by atoms with Crippen molar-refractivity contribution in [1.82, 2.24) is 15.1 Å². The maximum absolute atomic E-state index is 12.2. The number of nitrogens with one attached hydrogen (secondary N) is 1. The molecular formula is C17H31N3O3. The van der Waals surface area contributed by atoms with Crippen LogP contribution in [0.5, 0.6) is 0 Å². The highest BCUT2D eigenvalue weighted by Crippen LogP contribution is 2.15. The molecule has 0 radical (unpaired) electrons. The van der Waals surface area contributed by atoms with Gasteiger partial charge in [-0.25, -0.2) is 0 Å². The van der Waals surface area contributed by atoms with Crippen LogP contribution in [0.4, 0.5) is 0 Å². The zero-order valence-electron chi connectivity index (χ0n) is 14.6. The molecule has 23 heavy (non-hydrogen) atoms. The van der Waals surface area contributed by atoms with Crippen molar-refractivity contribution in [1.29, 1.82) is 0 Å². The third-order valence-electron chi connectivity index (χ3n) is 4.78. The van der Waals surface area contributed by atoms with Crippen LogP contribution in [0, 0.1) is 5.92 Å². The zero-order valence-corrected chi connectivity index (χ0v) is 14.6. The topological polar surface area (TPSA) is 61.9 Å². The number of hydrogen-bond acceptors (Lipinski definition) is 4. The minimum atomic E-state index is -0.468. The normalized spacial score (nSPS) is 26.1. The molecule has 0 unspecified atom stereocenters. The van der Waals surface area contributed by atoms with Gasteiger partial charge in [0.1, 0.15) is 6.04 Å². The molecule has 2 saturated heterocycles. The number of carbonyl (C=O) groups excluding carboxylic acids is 2. The molecule has 0 saturated carbocycles. The first kappa shape index (κ1) is 18.2. The van der Waals surface area contributed by atoms with Crippen molar-refractivity contribution in [3.63, 3.8) is 0 Å². The highest BCUT2D eigenvalue weighted by atomic mass is 16.5. The molecule has 0 aromatic carbocycles. The Morgan fingerprint density at radius 3 is 2.83 bits per heavy atom. The number of likely N-dealkylation sites (tertiary alicyclic amines) is 1. The molecule has 2 rings (SSSR count). The van der Waals surface area contributed by atoms with E-state index in [4.69, 9.17) is 4.74 Å². The highest BCUT2D eigenvalue weighted by Gasteiger charge is 2.30. The summed E-state index contributed by atoms with van der Waals surface area (Å²) in [4.78, 5) is 27.9. The summed E-state index contributed by atoms with van der Waals surface area (Å²) in [5.74, 6) is 0.659. The summed E-state index contributed by atoms with van der Waals surface area (Å²) < 4.78 is 5.34. The summed E-state index contributed by atoms with van der Waals surface area (Å²) in [5.41, 5.74) is 0. The van der Waals surface area contributed by atoms with Crippen LogP contribution in [0.1, 0.15) is 39.5 Å². The van der Waals surface area contributed by atoms with Crippen molar-refractivity contribution >= 4 is 11.8 Å². The Bertz CT molecular complexity index is 403. The fourth-order valence-corrected chi connectivity index (χ4v) is 3.48. The number of nitrogens with zero attached hydrogens (tertiary/aromatic N) is 2. The minimum Gasteiger partial charge on any atom is -0.377 e. The smallest absolute Gasteiger partial charge is 0.245 e. The average molecular weight is 325 g/mol. The summed E-state index contributed by atoms with van der Waals surface area (Å²) >= 11 is 0. The van der Waals surface area contributed by atoms with E-state index in [9.17, 15) is 9.59 Å². The lowest BCUT2D eigenvalue weighted by molar-refractivity contribution is -0.146. The highest BCUT2D eigenvalue weighted by molar-refractivity contribution is 5.87. The Balaban J connectivity index is 1.61. The van der Waals surface area contributed by atoms with Gasteiger partial charge in [0.2, 0.25) is 11.8 Å². The van der Waals surface area contributed by atoms with Gasteiger partial charge < -0.3 is 19.9 Å². The fourth-order valence-electron chi connectivity index (χ4n) is 3.48. The van der Waals surface area contributed by atoms with Crippen LogP contribution in [0.15, 0.2) is 0 Å². The third kappa shape index (κ3) is 5.77. The third-order valence-corrected chi connectivity index (χ3v) is 4.78. The molecule has 0 aliphatic carbocycles. The first-order valence-corrected chi connectivity index (χ1v) is 8.93. The lowest BCUT2D eigenvalue weighted by atomic mass is 10.0. The summed E-state index contributed by atoms with van der Waals surface area (Å²) in [5, 5.41) is 2.95. The van der Waals surface area contributed by atoms with Crippen molar-refractivity contribution in [3.05, 3.63) is 0 Å². The lowest BCUT2D eigenvalue weighted by Crippen LogP contribution is -2.55. The van der Waals surface area contributed by atoms with Crippen LogP contribution in [-0.2, 0) is 14.3 Å². The number of unbranched alkanes of at least 4 members (excludes halogenated alkanes) is 1. The van der Waals surface area contributed by atoms with Gasteiger partial charge in [0.15, 0.2) is 0 Å². The van der Waals surface area contributed by atoms with Gasteiger partial charge in [-0.05, 0) is 44.7 Å². The number of morpholine rings is 1. The van der Waals surface area contributed by atoms with E-state index in [1.54, 1.807) is 4.90 Å². The van der Waals surface area contributed by atoms with Gasteiger partial charge in [-0.1, -0.05) is 6.92 Å². The number of piperidine rings is 1. The predicted molar refractivity (Wildman–Crippen MR) is 89.1 cm³/mol. The van der Waals surface area contributed by atoms with E-state index < -0.39 is 6.04 Å².